The van der Waals surface area contributed by atoms with Crippen LogP contribution in [-0.2, 0) is 11.3 Å². The number of hydrogen-bond donors (Lipinski definition) is 2. The monoisotopic (exact) mass is 440 g/mol. The first-order valence-electron chi connectivity index (χ1n) is 11.1. The predicted octanol–water partition coefficient (Wildman–Crippen LogP) is 3.71. The third-order valence-corrected chi connectivity index (χ3v) is 5.84. The van der Waals surface area contributed by atoms with Gasteiger partial charge in [-0.2, -0.15) is 0 Å². The Hall–Kier alpha value is -4.06. The van der Waals surface area contributed by atoms with Gasteiger partial charge < -0.3 is 15.2 Å². The smallest absolute Gasteiger partial charge is 0.362 e. The van der Waals surface area contributed by atoms with Gasteiger partial charge in [0.05, 0.1) is 13.1 Å². The zero-order valence-corrected chi connectivity index (χ0v) is 18.7. The van der Waals surface area contributed by atoms with Gasteiger partial charge in [-0.25, -0.2) is 9.13 Å². The molecule has 0 aliphatic carbocycles. The number of para-hydroxylation sites is 1. The highest BCUT2D eigenvalue weighted by molar-refractivity contribution is 5.74. The van der Waals surface area contributed by atoms with Crippen LogP contribution in [0.5, 0.6) is 0 Å². The lowest BCUT2D eigenvalue weighted by Gasteiger charge is -2.08. The van der Waals surface area contributed by atoms with Crippen molar-refractivity contribution in [2.24, 2.45) is 0 Å². The van der Waals surface area contributed by atoms with Crippen LogP contribution in [0.15, 0.2) is 85.1 Å². The van der Waals surface area contributed by atoms with Crippen LogP contribution in [-0.4, -0.2) is 24.6 Å². The van der Waals surface area contributed by atoms with Crippen molar-refractivity contribution in [3.63, 3.8) is 0 Å². The molecular formula is C27H28N4O2. The number of benzene rings is 3. The zero-order valence-electron chi connectivity index (χ0n) is 18.7. The average Bonchev–Trinajstić information content (AvgIpc) is 3.05. The summed E-state index contributed by atoms with van der Waals surface area (Å²) in [5.41, 5.74) is 7.25. The minimum absolute atomic E-state index is 0.500. The molecule has 2 N–H and O–H groups in total. The molecule has 4 aromatic rings. The van der Waals surface area contributed by atoms with E-state index in [2.05, 4.69) is 105 Å². The molecule has 6 nitrogen and oxygen atoms in total. The van der Waals surface area contributed by atoms with E-state index in [4.69, 9.17) is 9.90 Å². The molecule has 0 amide bonds. The van der Waals surface area contributed by atoms with Gasteiger partial charge in [0, 0.05) is 24.8 Å². The first-order chi connectivity index (χ1) is 16.3. The summed E-state index contributed by atoms with van der Waals surface area (Å²) in [6, 6.07) is 27.9. The van der Waals surface area contributed by atoms with Crippen LogP contribution in [0.4, 0.5) is 11.6 Å². The maximum absolute atomic E-state index is 8.25. The van der Waals surface area contributed by atoms with Crippen molar-refractivity contribution < 1.29 is 14.5 Å². The standard InChI is InChI=1S/C26H26N4.CH2O2/c1-27-24-12-6-5-11-23(24)25-19-30(26-28-17-7-8-18-29(25)26)22-15-13-21(14-16-22)20-9-3-2-4-10-20;2-1-3/h2-6,9-16,19,27H,7-8,17-18H2,1H3;1H,(H,2,3). The van der Waals surface area contributed by atoms with E-state index in [9.17, 15) is 0 Å². The van der Waals surface area contributed by atoms with Gasteiger partial charge in [-0.15, -0.1) is 0 Å². The summed E-state index contributed by atoms with van der Waals surface area (Å²) in [4.78, 5) is 8.25. The molecule has 6 heteroatoms. The van der Waals surface area contributed by atoms with Crippen molar-refractivity contribution in [1.82, 2.24) is 4.57 Å². The highest BCUT2D eigenvalue weighted by Crippen LogP contribution is 2.30. The number of aromatic nitrogens is 2. The fourth-order valence-electron chi connectivity index (χ4n) is 4.28. The summed E-state index contributed by atoms with van der Waals surface area (Å²) < 4.78 is 4.72. The predicted molar refractivity (Wildman–Crippen MR) is 130 cm³/mol. The molecule has 0 unspecified atom stereocenters. The van der Waals surface area contributed by atoms with Gasteiger partial charge in [0.1, 0.15) is 17.6 Å². The van der Waals surface area contributed by atoms with Gasteiger partial charge in [0.15, 0.2) is 0 Å². The summed E-state index contributed by atoms with van der Waals surface area (Å²) in [6.07, 6.45) is 4.62. The second-order valence-corrected chi connectivity index (χ2v) is 7.80. The second kappa shape index (κ2) is 10.5. The Kier molecular flexibility index (Phi) is 7.05. The Morgan fingerprint density at radius 1 is 0.939 bits per heavy atom. The average molecular weight is 441 g/mol. The van der Waals surface area contributed by atoms with Crippen molar-refractivity contribution in [2.75, 3.05) is 24.2 Å². The number of carboxylic acid groups (broad SMARTS) is 1. The number of carbonyl (C=O) groups is 1. The van der Waals surface area contributed by atoms with Crippen LogP contribution < -0.4 is 20.3 Å². The first kappa shape index (κ1) is 22.1. The Bertz CT molecular complexity index is 1200. The summed E-state index contributed by atoms with van der Waals surface area (Å²) in [7, 11) is 1.99. The van der Waals surface area contributed by atoms with Gasteiger partial charge in [-0.05, 0) is 48.2 Å². The van der Waals surface area contributed by atoms with Crippen LogP contribution in [0, 0.1) is 0 Å². The van der Waals surface area contributed by atoms with Gasteiger partial charge in [0.2, 0.25) is 0 Å². The van der Waals surface area contributed by atoms with Crippen LogP contribution in [0.1, 0.15) is 12.8 Å². The van der Waals surface area contributed by atoms with Gasteiger partial charge in [-0.1, -0.05) is 54.6 Å². The minimum atomic E-state index is -0.500. The molecule has 168 valence electrons. The molecule has 0 spiro atoms. The molecule has 0 radical (unpaired) electrons. The van der Waals surface area contributed by atoms with Gasteiger partial charge in [0.25, 0.3) is 0 Å². The fourth-order valence-corrected chi connectivity index (χ4v) is 4.28. The number of carbonyl (C=O) groups excluding carboxylic acids is 1. The molecule has 0 fully saturated rings. The van der Waals surface area contributed by atoms with Crippen molar-refractivity contribution in [1.29, 1.82) is 0 Å². The molecular weight excluding hydrogens is 412 g/mol. The van der Waals surface area contributed by atoms with E-state index in [1.54, 1.807) is 0 Å². The first-order valence-corrected chi connectivity index (χ1v) is 11.1. The molecule has 33 heavy (non-hydrogen) atoms. The second-order valence-electron chi connectivity index (χ2n) is 7.80. The number of nitrogens with zero attached hydrogens (tertiary/aromatic N) is 2. The van der Waals surface area contributed by atoms with Crippen LogP contribution >= 0.6 is 0 Å². The van der Waals surface area contributed by atoms with E-state index in [0.717, 1.165) is 24.7 Å². The Morgan fingerprint density at radius 3 is 2.33 bits per heavy atom. The maximum atomic E-state index is 8.25. The fraction of sp³-hybridized carbons (Fsp3) is 0.185. The summed E-state index contributed by atoms with van der Waals surface area (Å²) in [5.74, 6) is 1.15. The van der Waals surface area contributed by atoms with E-state index in [1.807, 2.05) is 7.05 Å². The van der Waals surface area contributed by atoms with E-state index < -0.39 is 6.47 Å². The van der Waals surface area contributed by atoms with Gasteiger partial charge >= 0.3 is 5.95 Å². The Labute approximate surface area is 194 Å². The molecule has 0 saturated carbocycles. The van der Waals surface area contributed by atoms with Crippen molar-refractivity contribution >= 4 is 18.1 Å². The van der Waals surface area contributed by atoms with E-state index in [1.165, 1.54) is 40.9 Å². The number of anilines is 2. The Morgan fingerprint density at radius 2 is 1.61 bits per heavy atom. The number of rotatable bonds is 4. The summed E-state index contributed by atoms with van der Waals surface area (Å²) >= 11 is 0. The molecule has 3 aromatic carbocycles. The van der Waals surface area contributed by atoms with Crippen LogP contribution in [0.2, 0.25) is 0 Å². The third-order valence-electron chi connectivity index (χ3n) is 5.84. The normalized spacial score (nSPS) is 12.4. The zero-order chi connectivity index (χ0) is 23.0. The maximum Gasteiger partial charge on any atom is 0.362 e. The van der Waals surface area contributed by atoms with E-state index >= 15 is 0 Å². The SMILES string of the molecule is CNc1ccccc1-c1cn(-c2ccc(-c3ccccc3)cc2)c2[n+]1CCCCN2.O=C[O-]. The largest absolute Gasteiger partial charge is 0.554 e. The number of hydrogen-bond acceptors (Lipinski definition) is 4. The number of fused-ring (bicyclic) bond motifs is 1. The molecule has 1 aliphatic heterocycles. The minimum Gasteiger partial charge on any atom is -0.554 e. The molecule has 5 rings (SSSR count). The van der Waals surface area contributed by atoms with Gasteiger partial charge in [-0.3, -0.25) is 5.32 Å². The van der Waals surface area contributed by atoms with E-state index in [0.29, 0.717) is 0 Å². The Balaban J connectivity index is 0.000000821. The molecule has 1 aromatic heterocycles. The number of nitrogens with one attached hydrogen (secondary N) is 2. The molecule has 1 aliphatic rings. The van der Waals surface area contributed by atoms with Crippen molar-refractivity contribution in [3.8, 4) is 28.1 Å². The van der Waals surface area contributed by atoms with Crippen molar-refractivity contribution in [3.05, 3.63) is 85.1 Å². The van der Waals surface area contributed by atoms with Crippen LogP contribution in [0.3, 0.4) is 0 Å². The summed E-state index contributed by atoms with van der Waals surface area (Å²) in [6.45, 7) is 1.52. The lowest BCUT2D eigenvalue weighted by molar-refractivity contribution is -0.670. The summed E-state index contributed by atoms with van der Waals surface area (Å²) in [5, 5.41) is 15.3. The van der Waals surface area contributed by atoms with Crippen LogP contribution in [0.25, 0.3) is 28.1 Å². The molecule has 2 heterocycles. The molecule has 0 bridgehead atoms. The van der Waals surface area contributed by atoms with E-state index in [-0.39, 0.29) is 0 Å². The topological polar surface area (TPSA) is 73.0 Å². The lowest BCUT2D eigenvalue weighted by Crippen LogP contribution is -2.36. The molecule has 0 saturated heterocycles. The lowest BCUT2D eigenvalue weighted by atomic mass is 10.1. The highest BCUT2D eigenvalue weighted by atomic mass is 16.3. The quantitative estimate of drug-likeness (QED) is 0.375. The third kappa shape index (κ3) is 4.75. The molecule has 0 atom stereocenters. The number of imidazole rings is 1. The highest BCUT2D eigenvalue weighted by Gasteiger charge is 2.26. The van der Waals surface area contributed by atoms with Crippen molar-refractivity contribution in [2.45, 2.75) is 19.4 Å².